The van der Waals surface area contributed by atoms with Crippen LogP contribution in [-0.4, -0.2) is 49.2 Å². The number of benzene rings is 2. The maximum Gasteiger partial charge on any atom is 0.418 e. The number of amides is 1. The van der Waals surface area contributed by atoms with E-state index in [1.54, 1.807) is 12.1 Å². The van der Waals surface area contributed by atoms with Crippen LogP contribution in [0.5, 0.6) is 11.5 Å². The lowest BCUT2D eigenvalue weighted by atomic mass is 10.0. The highest BCUT2D eigenvalue weighted by Crippen LogP contribution is 2.38. The predicted octanol–water partition coefficient (Wildman–Crippen LogP) is 4.10. The molecule has 4 rings (SSSR count). The molecule has 0 bridgehead atoms. The summed E-state index contributed by atoms with van der Waals surface area (Å²) in [4.78, 5) is 22.8. The summed E-state index contributed by atoms with van der Waals surface area (Å²) in [6.07, 6.45) is -2.96. The third kappa shape index (κ3) is 5.31. The van der Waals surface area contributed by atoms with Gasteiger partial charge in [0.1, 0.15) is 5.82 Å². The lowest BCUT2D eigenvalue weighted by Crippen LogP contribution is -2.47. The van der Waals surface area contributed by atoms with Gasteiger partial charge in [-0.2, -0.15) is 18.2 Å². The number of methoxy groups -OCH3 is 2. The number of nitrogen functional groups attached to an aromatic ring is 1. The van der Waals surface area contributed by atoms with Crippen LogP contribution in [0.2, 0.25) is 0 Å². The number of piperidine rings is 1. The molecular weight excluding hydrogens is 477 g/mol. The van der Waals surface area contributed by atoms with E-state index in [0.29, 0.717) is 41.3 Å². The molecule has 2 heterocycles. The zero-order valence-corrected chi connectivity index (χ0v) is 20.1. The van der Waals surface area contributed by atoms with Gasteiger partial charge in [0.05, 0.1) is 25.3 Å². The molecule has 0 aliphatic carbocycles. The largest absolute Gasteiger partial charge is 0.493 e. The van der Waals surface area contributed by atoms with Gasteiger partial charge in [-0.1, -0.05) is 0 Å². The van der Waals surface area contributed by atoms with Gasteiger partial charge in [-0.25, -0.2) is 4.98 Å². The Morgan fingerprint density at radius 1 is 1.14 bits per heavy atom. The van der Waals surface area contributed by atoms with E-state index in [9.17, 15) is 18.0 Å². The van der Waals surface area contributed by atoms with E-state index in [0.717, 1.165) is 18.9 Å². The molecule has 1 atom stereocenters. The van der Waals surface area contributed by atoms with Crippen molar-refractivity contribution in [3.05, 3.63) is 35.9 Å². The van der Waals surface area contributed by atoms with Crippen LogP contribution < -0.4 is 30.7 Å². The highest BCUT2D eigenvalue weighted by atomic mass is 19.4. The Balaban J connectivity index is 1.80. The molecule has 12 heteroatoms. The molecule has 36 heavy (non-hydrogen) atoms. The smallest absolute Gasteiger partial charge is 0.418 e. The number of fused-ring (bicyclic) bond motifs is 1. The number of halogens is 3. The molecule has 1 aromatic heterocycles. The summed E-state index contributed by atoms with van der Waals surface area (Å²) in [5.41, 5.74) is 4.85. The average Bonchev–Trinajstić information content (AvgIpc) is 2.83. The molecule has 1 saturated heterocycles. The first-order chi connectivity index (χ1) is 17.1. The van der Waals surface area contributed by atoms with Crippen molar-refractivity contribution < 1.29 is 27.4 Å². The molecule has 1 fully saturated rings. The van der Waals surface area contributed by atoms with Crippen LogP contribution in [0.25, 0.3) is 10.9 Å². The Kier molecular flexibility index (Phi) is 6.95. The van der Waals surface area contributed by atoms with Crippen LogP contribution in [0.3, 0.4) is 0 Å². The number of anilines is 4. The van der Waals surface area contributed by atoms with Crippen molar-refractivity contribution in [2.45, 2.75) is 32.0 Å². The SMILES string of the molecule is COc1cc2nc(Nc3ccc(N)c(C(F)(F)F)c3)nc(N3CCCC(NC(C)=O)C3)c2cc1OC. The predicted molar refractivity (Wildman–Crippen MR) is 131 cm³/mol. The van der Waals surface area contributed by atoms with Crippen molar-refractivity contribution in [2.24, 2.45) is 0 Å². The maximum atomic E-state index is 13.4. The molecule has 1 aliphatic heterocycles. The summed E-state index contributed by atoms with van der Waals surface area (Å²) in [6, 6.07) is 6.92. The molecule has 0 spiro atoms. The summed E-state index contributed by atoms with van der Waals surface area (Å²) in [5, 5.41) is 6.50. The summed E-state index contributed by atoms with van der Waals surface area (Å²) < 4.78 is 51.0. The fourth-order valence-corrected chi connectivity index (χ4v) is 4.32. The third-order valence-corrected chi connectivity index (χ3v) is 5.92. The van der Waals surface area contributed by atoms with Crippen LogP contribution >= 0.6 is 0 Å². The number of aromatic nitrogens is 2. The lowest BCUT2D eigenvalue weighted by molar-refractivity contribution is -0.136. The van der Waals surface area contributed by atoms with Crippen molar-refractivity contribution in [1.29, 1.82) is 0 Å². The van der Waals surface area contributed by atoms with Crippen molar-refractivity contribution in [1.82, 2.24) is 15.3 Å². The van der Waals surface area contributed by atoms with Gasteiger partial charge in [0.15, 0.2) is 11.5 Å². The van der Waals surface area contributed by atoms with Crippen LogP contribution in [0, 0.1) is 0 Å². The number of carbonyl (C=O) groups is 1. The van der Waals surface area contributed by atoms with E-state index in [1.807, 2.05) is 4.90 Å². The Bertz CT molecular complexity index is 1280. The van der Waals surface area contributed by atoms with Gasteiger partial charge in [0.25, 0.3) is 0 Å². The molecular formula is C24H27F3N6O3. The molecule has 1 aliphatic rings. The molecule has 0 radical (unpaired) electrons. The number of hydrogen-bond donors (Lipinski definition) is 3. The highest BCUT2D eigenvalue weighted by molar-refractivity contribution is 5.93. The zero-order chi connectivity index (χ0) is 26.0. The van der Waals surface area contributed by atoms with E-state index in [1.165, 1.54) is 33.3 Å². The first-order valence-electron chi connectivity index (χ1n) is 11.3. The molecule has 2 aromatic carbocycles. The first kappa shape index (κ1) is 25.1. The Morgan fingerprint density at radius 3 is 2.53 bits per heavy atom. The van der Waals surface area contributed by atoms with E-state index >= 15 is 0 Å². The van der Waals surface area contributed by atoms with Gasteiger partial charge in [0.2, 0.25) is 11.9 Å². The van der Waals surface area contributed by atoms with Gasteiger partial charge >= 0.3 is 6.18 Å². The maximum absolute atomic E-state index is 13.4. The number of nitrogens with one attached hydrogen (secondary N) is 2. The van der Waals surface area contributed by atoms with Gasteiger partial charge < -0.3 is 30.7 Å². The number of carbonyl (C=O) groups excluding carboxylic acids is 1. The fourth-order valence-electron chi connectivity index (χ4n) is 4.32. The third-order valence-electron chi connectivity index (χ3n) is 5.92. The van der Waals surface area contributed by atoms with Crippen LogP contribution in [-0.2, 0) is 11.0 Å². The second kappa shape index (κ2) is 9.96. The van der Waals surface area contributed by atoms with E-state index in [4.69, 9.17) is 15.2 Å². The van der Waals surface area contributed by atoms with Gasteiger partial charge in [-0.15, -0.1) is 0 Å². The summed E-state index contributed by atoms with van der Waals surface area (Å²) in [5.74, 6) is 1.47. The van der Waals surface area contributed by atoms with Crippen molar-refractivity contribution >= 4 is 40.0 Å². The van der Waals surface area contributed by atoms with E-state index in [2.05, 4.69) is 20.6 Å². The minimum Gasteiger partial charge on any atom is -0.493 e. The number of rotatable bonds is 6. The zero-order valence-electron chi connectivity index (χ0n) is 20.1. The molecule has 9 nitrogen and oxygen atoms in total. The van der Waals surface area contributed by atoms with Crippen molar-refractivity contribution in [2.75, 3.05) is 43.3 Å². The normalized spacial score (nSPS) is 16.1. The van der Waals surface area contributed by atoms with Gasteiger partial charge in [-0.05, 0) is 37.1 Å². The van der Waals surface area contributed by atoms with E-state index < -0.39 is 11.7 Å². The van der Waals surface area contributed by atoms with Crippen LogP contribution in [0.1, 0.15) is 25.3 Å². The summed E-state index contributed by atoms with van der Waals surface area (Å²) in [7, 11) is 3.02. The Morgan fingerprint density at radius 2 is 1.86 bits per heavy atom. The molecule has 1 amide bonds. The minimum atomic E-state index is -4.60. The van der Waals surface area contributed by atoms with Crippen molar-refractivity contribution in [3.63, 3.8) is 0 Å². The number of nitrogens with two attached hydrogens (primary N) is 1. The molecule has 192 valence electrons. The van der Waals surface area contributed by atoms with Crippen molar-refractivity contribution in [3.8, 4) is 11.5 Å². The quantitative estimate of drug-likeness (QED) is 0.430. The second-order valence-corrected chi connectivity index (χ2v) is 8.51. The Labute approximate surface area is 205 Å². The van der Waals surface area contributed by atoms with Gasteiger partial charge in [0, 0.05) is 48.9 Å². The summed E-state index contributed by atoms with van der Waals surface area (Å²) >= 11 is 0. The molecule has 0 saturated carbocycles. The van der Waals surface area contributed by atoms with Crippen LogP contribution in [0.15, 0.2) is 30.3 Å². The number of ether oxygens (including phenoxy) is 2. The average molecular weight is 505 g/mol. The molecule has 1 unspecified atom stereocenters. The monoisotopic (exact) mass is 504 g/mol. The summed E-state index contributed by atoms with van der Waals surface area (Å²) in [6.45, 7) is 2.66. The topological polar surface area (TPSA) is 115 Å². The van der Waals surface area contributed by atoms with Gasteiger partial charge in [-0.3, -0.25) is 4.79 Å². The lowest BCUT2D eigenvalue weighted by Gasteiger charge is -2.34. The first-order valence-corrected chi connectivity index (χ1v) is 11.3. The fraction of sp³-hybridized carbons (Fsp3) is 0.375. The number of hydrogen-bond acceptors (Lipinski definition) is 8. The molecule has 3 aromatic rings. The van der Waals surface area contributed by atoms with Crippen LogP contribution in [0.4, 0.5) is 36.3 Å². The second-order valence-electron chi connectivity index (χ2n) is 8.51. The highest BCUT2D eigenvalue weighted by Gasteiger charge is 2.33. The number of alkyl halides is 3. The van der Waals surface area contributed by atoms with E-state index in [-0.39, 0.29) is 29.3 Å². The Hall–Kier alpha value is -3.96. The minimum absolute atomic E-state index is 0.0655. The standard InChI is InChI=1S/C24H27F3N6O3/c1-13(34)29-15-5-4-8-33(12-15)22-16-10-20(35-2)21(36-3)11-19(16)31-23(32-22)30-14-6-7-18(28)17(9-14)24(25,26)27/h6-7,9-11,15H,4-5,8,12,28H2,1-3H3,(H,29,34)(H,30,31,32). The molecule has 4 N–H and O–H groups in total. The number of nitrogens with zero attached hydrogens (tertiary/aromatic N) is 3.